The summed E-state index contributed by atoms with van der Waals surface area (Å²) in [6, 6.07) is 14.9. The molecule has 2 atom stereocenters. The predicted octanol–water partition coefficient (Wildman–Crippen LogP) is 4.11. The van der Waals surface area contributed by atoms with Gasteiger partial charge in [0.1, 0.15) is 18.7 Å². The van der Waals surface area contributed by atoms with Crippen LogP contribution in [0.3, 0.4) is 0 Å². The summed E-state index contributed by atoms with van der Waals surface area (Å²) in [6.45, 7) is 1.83. The van der Waals surface area contributed by atoms with Crippen molar-refractivity contribution in [1.82, 2.24) is 10.6 Å². The molecule has 0 heterocycles. The van der Waals surface area contributed by atoms with E-state index in [0.29, 0.717) is 5.69 Å². The average Bonchev–Trinajstić information content (AvgIpc) is 2.95. The minimum Gasteiger partial charge on any atom is -0.467 e. The van der Waals surface area contributed by atoms with Crippen molar-refractivity contribution in [2.24, 2.45) is 5.92 Å². The molecule has 1 fully saturated rings. The van der Waals surface area contributed by atoms with Crippen LogP contribution in [0.1, 0.15) is 56.6 Å². The number of anilines is 1. The molecule has 1 aliphatic carbocycles. The van der Waals surface area contributed by atoms with Crippen molar-refractivity contribution in [1.29, 1.82) is 0 Å². The van der Waals surface area contributed by atoms with Gasteiger partial charge < -0.3 is 25.4 Å². The number of methoxy groups -OCH3 is 1. The van der Waals surface area contributed by atoms with Crippen molar-refractivity contribution < 1.29 is 28.7 Å². The van der Waals surface area contributed by atoms with Gasteiger partial charge in [0.2, 0.25) is 11.8 Å². The molecule has 1 unspecified atom stereocenters. The maximum Gasteiger partial charge on any atom is 0.408 e. The van der Waals surface area contributed by atoms with Crippen molar-refractivity contribution in [3.05, 3.63) is 65.7 Å². The zero-order chi connectivity index (χ0) is 27.3. The number of ether oxygens (including phenoxy) is 2. The van der Waals surface area contributed by atoms with E-state index >= 15 is 0 Å². The van der Waals surface area contributed by atoms with Gasteiger partial charge in [-0.25, -0.2) is 9.59 Å². The Morgan fingerprint density at radius 3 is 2.21 bits per heavy atom. The minimum absolute atomic E-state index is 0.0234. The smallest absolute Gasteiger partial charge is 0.408 e. The lowest BCUT2D eigenvalue weighted by atomic mass is 9.83. The number of alkyl carbamates (subject to hydrolysis) is 1. The largest absolute Gasteiger partial charge is 0.467 e. The zero-order valence-electron chi connectivity index (χ0n) is 22.0. The summed E-state index contributed by atoms with van der Waals surface area (Å²) in [4.78, 5) is 49.7. The molecule has 0 radical (unpaired) electrons. The summed E-state index contributed by atoms with van der Waals surface area (Å²) in [5.41, 5.74) is 2.22. The molecule has 0 saturated heterocycles. The third-order valence-electron chi connectivity index (χ3n) is 6.69. The van der Waals surface area contributed by atoms with Crippen LogP contribution < -0.4 is 16.0 Å². The number of carbonyl (C=O) groups is 4. The number of hydrogen-bond acceptors (Lipinski definition) is 6. The van der Waals surface area contributed by atoms with Crippen molar-refractivity contribution in [3.63, 3.8) is 0 Å². The van der Waals surface area contributed by atoms with Gasteiger partial charge in [-0.15, -0.1) is 0 Å². The van der Waals surface area contributed by atoms with Gasteiger partial charge in [-0.3, -0.25) is 9.59 Å². The monoisotopic (exact) mass is 523 g/mol. The fraction of sp³-hybridized carbons (Fsp3) is 0.448. The fourth-order valence-corrected chi connectivity index (χ4v) is 4.57. The van der Waals surface area contributed by atoms with Crippen LogP contribution >= 0.6 is 0 Å². The van der Waals surface area contributed by atoms with Gasteiger partial charge in [-0.2, -0.15) is 0 Å². The van der Waals surface area contributed by atoms with Gasteiger partial charge in [0.05, 0.1) is 7.11 Å². The van der Waals surface area contributed by atoms with Crippen molar-refractivity contribution in [3.8, 4) is 0 Å². The van der Waals surface area contributed by atoms with Gasteiger partial charge in [0.15, 0.2) is 0 Å². The molecule has 0 aromatic heterocycles. The van der Waals surface area contributed by atoms with E-state index in [0.717, 1.165) is 43.2 Å². The van der Waals surface area contributed by atoms with E-state index in [-0.39, 0.29) is 37.2 Å². The van der Waals surface area contributed by atoms with Crippen LogP contribution in [-0.4, -0.2) is 43.1 Å². The molecule has 3 amide bonds. The Labute approximate surface area is 223 Å². The standard InChI is InChI=1S/C29H37N3O6/c1-3-25(33)31-24(28(35)37-2)18-20-14-16-23(17-15-20)30-27(34)26(22-12-8-5-9-13-22)32-29(36)38-19-21-10-6-4-7-11-21/h4,6-7,10-11,14-17,22,24,26H,3,5,8-9,12-13,18-19H2,1-2H3,(H,30,34)(H,31,33)(H,32,36)/t24-,26?/m1/s1. The minimum atomic E-state index is -0.797. The lowest BCUT2D eigenvalue weighted by Gasteiger charge is -2.29. The maximum atomic E-state index is 13.3. The third kappa shape index (κ3) is 8.90. The van der Waals surface area contributed by atoms with Crippen LogP contribution in [0.5, 0.6) is 0 Å². The highest BCUT2D eigenvalue weighted by Crippen LogP contribution is 2.27. The molecule has 1 saturated carbocycles. The number of hydrogen-bond donors (Lipinski definition) is 3. The van der Waals surface area contributed by atoms with Gasteiger partial charge in [0.25, 0.3) is 0 Å². The van der Waals surface area contributed by atoms with Crippen molar-refractivity contribution in [2.45, 2.75) is 70.6 Å². The predicted molar refractivity (Wildman–Crippen MR) is 143 cm³/mol. The average molecular weight is 524 g/mol. The Balaban J connectivity index is 1.62. The first-order valence-electron chi connectivity index (χ1n) is 13.1. The van der Waals surface area contributed by atoms with Crippen LogP contribution in [0.15, 0.2) is 54.6 Å². The number of rotatable bonds is 11. The second-order valence-electron chi connectivity index (χ2n) is 9.47. The number of amides is 3. The molecular weight excluding hydrogens is 486 g/mol. The van der Waals surface area contributed by atoms with Crippen molar-refractivity contribution >= 4 is 29.6 Å². The van der Waals surface area contributed by atoms with E-state index in [1.807, 2.05) is 30.3 Å². The van der Waals surface area contributed by atoms with Crippen LogP contribution in [0.25, 0.3) is 0 Å². The molecule has 3 N–H and O–H groups in total. The Bertz CT molecular complexity index is 1070. The molecular formula is C29H37N3O6. The number of nitrogens with one attached hydrogen (secondary N) is 3. The van der Waals surface area contributed by atoms with Crippen LogP contribution in [0, 0.1) is 5.92 Å². The lowest BCUT2D eigenvalue weighted by Crippen LogP contribution is -2.49. The summed E-state index contributed by atoms with van der Waals surface area (Å²) in [6.07, 6.45) is 4.75. The van der Waals surface area contributed by atoms with Gasteiger partial charge >= 0.3 is 12.1 Å². The molecule has 204 valence electrons. The molecule has 0 aliphatic heterocycles. The summed E-state index contributed by atoms with van der Waals surface area (Å²) >= 11 is 0. The van der Waals surface area contributed by atoms with E-state index in [1.165, 1.54) is 7.11 Å². The van der Waals surface area contributed by atoms with E-state index in [2.05, 4.69) is 16.0 Å². The maximum absolute atomic E-state index is 13.3. The lowest BCUT2D eigenvalue weighted by molar-refractivity contribution is -0.145. The molecule has 9 heteroatoms. The van der Waals surface area contributed by atoms with E-state index in [1.54, 1.807) is 31.2 Å². The topological polar surface area (TPSA) is 123 Å². The molecule has 9 nitrogen and oxygen atoms in total. The van der Waals surface area contributed by atoms with Gasteiger partial charge in [-0.05, 0) is 42.0 Å². The number of esters is 1. The number of benzene rings is 2. The second kappa shape index (κ2) is 14.8. The molecule has 2 aromatic carbocycles. The fourth-order valence-electron chi connectivity index (χ4n) is 4.57. The molecule has 0 spiro atoms. The normalized spacial score (nSPS) is 15.0. The first-order chi connectivity index (χ1) is 18.4. The summed E-state index contributed by atoms with van der Waals surface area (Å²) < 4.78 is 10.2. The van der Waals surface area contributed by atoms with E-state index < -0.39 is 24.1 Å². The Kier molecular flexibility index (Phi) is 11.1. The second-order valence-corrected chi connectivity index (χ2v) is 9.47. The van der Waals surface area contributed by atoms with Gasteiger partial charge in [-0.1, -0.05) is 68.7 Å². The van der Waals surface area contributed by atoms with E-state index in [4.69, 9.17) is 9.47 Å². The summed E-state index contributed by atoms with van der Waals surface area (Å²) in [5.74, 6) is -1.04. The first-order valence-corrected chi connectivity index (χ1v) is 13.1. The highest BCUT2D eigenvalue weighted by molar-refractivity contribution is 5.96. The quantitative estimate of drug-likeness (QED) is 0.381. The summed E-state index contributed by atoms with van der Waals surface area (Å²) in [7, 11) is 1.28. The third-order valence-corrected chi connectivity index (χ3v) is 6.69. The van der Waals surface area contributed by atoms with Crippen LogP contribution in [0.2, 0.25) is 0 Å². The molecule has 1 aliphatic rings. The van der Waals surface area contributed by atoms with Crippen molar-refractivity contribution in [2.75, 3.05) is 12.4 Å². The molecule has 3 rings (SSSR count). The molecule has 0 bridgehead atoms. The van der Waals surface area contributed by atoms with Crippen LogP contribution in [0.4, 0.5) is 10.5 Å². The Hall–Kier alpha value is -3.88. The van der Waals surface area contributed by atoms with E-state index in [9.17, 15) is 19.2 Å². The number of carbonyl (C=O) groups excluding carboxylic acids is 4. The Morgan fingerprint density at radius 1 is 0.895 bits per heavy atom. The SMILES string of the molecule is CCC(=O)N[C@H](Cc1ccc(NC(=O)C(NC(=O)OCc2ccccc2)C2CCCCC2)cc1)C(=O)OC. The highest BCUT2D eigenvalue weighted by atomic mass is 16.5. The molecule has 38 heavy (non-hydrogen) atoms. The Morgan fingerprint density at radius 2 is 1.58 bits per heavy atom. The highest BCUT2D eigenvalue weighted by Gasteiger charge is 2.31. The van der Waals surface area contributed by atoms with Gasteiger partial charge in [0, 0.05) is 18.5 Å². The van der Waals surface area contributed by atoms with Crippen LogP contribution in [-0.2, 0) is 36.9 Å². The summed E-state index contributed by atoms with van der Waals surface area (Å²) in [5, 5.41) is 8.36. The zero-order valence-corrected chi connectivity index (χ0v) is 22.0. The first kappa shape index (κ1) is 28.7. The molecule has 2 aromatic rings.